The van der Waals surface area contributed by atoms with Crippen molar-refractivity contribution in [3.05, 3.63) is 35.9 Å². The third-order valence-corrected chi connectivity index (χ3v) is 6.68. The van der Waals surface area contributed by atoms with E-state index in [0.717, 1.165) is 32.5 Å². The lowest BCUT2D eigenvalue weighted by Gasteiger charge is -2.35. The quantitative estimate of drug-likeness (QED) is 0.746. The molecule has 27 heavy (non-hydrogen) atoms. The Hall–Kier alpha value is -1.43. The summed E-state index contributed by atoms with van der Waals surface area (Å²) in [5.74, 6) is 0.865. The number of fused-ring (bicyclic) bond motifs is 1. The number of hydrogen-bond donors (Lipinski definition) is 3. The van der Waals surface area contributed by atoms with E-state index in [-0.39, 0.29) is 11.9 Å². The maximum Gasteiger partial charge on any atom is 0.237 e. The molecule has 0 bridgehead atoms. The number of nitrogens with one attached hydrogen (secondary N) is 3. The molecule has 5 heteroatoms. The van der Waals surface area contributed by atoms with Crippen molar-refractivity contribution in [1.29, 1.82) is 0 Å². The van der Waals surface area contributed by atoms with Crippen LogP contribution in [0.5, 0.6) is 0 Å². The van der Waals surface area contributed by atoms with Crippen molar-refractivity contribution in [2.75, 3.05) is 13.1 Å². The lowest BCUT2D eigenvalue weighted by molar-refractivity contribution is -0.128. The molecule has 1 aromatic carbocycles. The first kappa shape index (κ1) is 18.9. The molecule has 4 rings (SSSR count). The number of amides is 1. The number of hydrazine groups is 1. The number of rotatable bonds is 5. The summed E-state index contributed by atoms with van der Waals surface area (Å²) < 4.78 is 0. The third kappa shape index (κ3) is 4.71. The van der Waals surface area contributed by atoms with Gasteiger partial charge < -0.3 is 5.32 Å². The third-order valence-electron chi connectivity index (χ3n) is 6.68. The summed E-state index contributed by atoms with van der Waals surface area (Å²) in [6, 6.07) is 11.5. The summed E-state index contributed by atoms with van der Waals surface area (Å²) in [6.45, 7) is 2.62. The molecule has 4 unspecified atom stereocenters. The lowest BCUT2D eigenvalue weighted by atomic mass is 9.90. The topological polar surface area (TPSA) is 56.4 Å². The van der Waals surface area contributed by atoms with Gasteiger partial charge in [0.25, 0.3) is 0 Å². The number of carbonyl (C=O) groups excluding carboxylic acids is 1. The molecule has 2 aliphatic heterocycles. The summed E-state index contributed by atoms with van der Waals surface area (Å²) in [7, 11) is 0. The minimum Gasteiger partial charge on any atom is -0.353 e. The molecule has 2 heterocycles. The number of nitrogens with zero attached hydrogens (tertiary/aromatic N) is 1. The highest BCUT2D eigenvalue weighted by atomic mass is 16.2. The van der Waals surface area contributed by atoms with Gasteiger partial charge in [-0.2, -0.15) is 0 Å². The number of carbonyl (C=O) groups is 1. The number of likely N-dealkylation sites (tertiary alicyclic amines) is 1. The molecule has 1 amide bonds. The molecule has 3 aliphatic rings. The van der Waals surface area contributed by atoms with Crippen LogP contribution in [0, 0.1) is 5.92 Å². The van der Waals surface area contributed by atoms with Gasteiger partial charge in [-0.15, -0.1) is 0 Å². The Morgan fingerprint density at radius 3 is 2.70 bits per heavy atom. The molecule has 148 valence electrons. The van der Waals surface area contributed by atoms with Gasteiger partial charge in [-0.3, -0.25) is 20.5 Å². The molecular formula is C22H34N4O. The summed E-state index contributed by atoms with van der Waals surface area (Å²) in [5, 5.41) is 3.28. The minimum atomic E-state index is 0.0123. The van der Waals surface area contributed by atoms with Crippen LogP contribution < -0.4 is 16.2 Å². The largest absolute Gasteiger partial charge is 0.353 e. The van der Waals surface area contributed by atoms with Gasteiger partial charge in [-0.1, -0.05) is 56.0 Å². The van der Waals surface area contributed by atoms with Crippen molar-refractivity contribution in [2.24, 2.45) is 5.92 Å². The highest BCUT2D eigenvalue weighted by Gasteiger charge is 2.37. The molecule has 2 saturated heterocycles. The molecule has 0 radical (unpaired) electrons. The lowest BCUT2D eigenvalue weighted by Crippen LogP contribution is -2.51. The molecular weight excluding hydrogens is 336 g/mol. The minimum absolute atomic E-state index is 0.0123. The van der Waals surface area contributed by atoms with E-state index in [2.05, 4.69) is 45.3 Å². The van der Waals surface area contributed by atoms with E-state index < -0.39 is 0 Å². The van der Waals surface area contributed by atoms with Crippen LogP contribution in [0.4, 0.5) is 0 Å². The van der Waals surface area contributed by atoms with Crippen molar-refractivity contribution in [3.63, 3.8) is 0 Å². The first-order valence-electron chi connectivity index (χ1n) is 10.9. The van der Waals surface area contributed by atoms with Gasteiger partial charge in [0.15, 0.2) is 0 Å². The molecule has 3 N–H and O–H groups in total. The van der Waals surface area contributed by atoms with Gasteiger partial charge in [0.2, 0.25) is 5.91 Å². The van der Waals surface area contributed by atoms with Gasteiger partial charge in [-0.25, -0.2) is 0 Å². The monoisotopic (exact) mass is 370 g/mol. The molecule has 3 fully saturated rings. The number of piperidine rings is 1. The molecule has 1 saturated carbocycles. The molecule has 0 spiro atoms. The summed E-state index contributed by atoms with van der Waals surface area (Å²) in [4.78, 5) is 15.3. The van der Waals surface area contributed by atoms with Crippen LogP contribution in [-0.4, -0.2) is 42.0 Å². The number of hydrogen-bond acceptors (Lipinski definition) is 4. The maximum atomic E-state index is 13.0. The second-order valence-corrected chi connectivity index (χ2v) is 8.52. The molecule has 5 nitrogen and oxygen atoms in total. The van der Waals surface area contributed by atoms with Crippen LogP contribution in [-0.2, 0) is 11.3 Å². The second kappa shape index (κ2) is 9.18. The SMILES string of the molecule is O=C(NCC1NNC2CCCCCC21)C1CCCCN1Cc1ccccc1. The normalized spacial score (nSPS) is 31.9. The Morgan fingerprint density at radius 2 is 1.81 bits per heavy atom. The fourth-order valence-electron chi connectivity index (χ4n) is 5.14. The fraction of sp³-hybridized carbons (Fsp3) is 0.682. The van der Waals surface area contributed by atoms with Gasteiger partial charge in [0, 0.05) is 25.2 Å². The van der Waals surface area contributed by atoms with E-state index in [1.54, 1.807) is 0 Å². The van der Waals surface area contributed by atoms with Crippen molar-refractivity contribution in [2.45, 2.75) is 76.0 Å². The molecule has 1 aliphatic carbocycles. The highest BCUT2D eigenvalue weighted by molar-refractivity contribution is 5.81. The Bertz CT molecular complexity index is 608. The van der Waals surface area contributed by atoms with Crippen molar-refractivity contribution in [3.8, 4) is 0 Å². The zero-order chi connectivity index (χ0) is 18.5. The average Bonchev–Trinajstić information content (AvgIpc) is 2.93. The summed E-state index contributed by atoms with van der Waals surface area (Å²) in [6.07, 6.45) is 9.84. The summed E-state index contributed by atoms with van der Waals surface area (Å²) >= 11 is 0. The Labute approximate surface area is 163 Å². The van der Waals surface area contributed by atoms with E-state index in [4.69, 9.17) is 0 Å². The Kier molecular flexibility index (Phi) is 6.43. The first-order chi connectivity index (χ1) is 13.3. The smallest absolute Gasteiger partial charge is 0.237 e. The predicted molar refractivity (Wildman–Crippen MR) is 108 cm³/mol. The molecule has 1 aromatic rings. The van der Waals surface area contributed by atoms with Gasteiger partial charge in [0.05, 0.1) is 6.04 Å². The van der Waals surface area contributed by atoms with Gasteiger partial charge in [0.1, 0.15) is 0 Å². The standard InChI is InChI=1S/C22H34N4O/c27-22(23-15-20-18-11-5-2-6-12-19(18)24-25-20)21-13-7-8-14-26(21)16-17-9-3-1-4-10-17/h1,3-4,9-10,18-21,24-25H,2,5-8,11-16H2,(H,23,27). The van der Waals surface area contributed by atoms with Crippen LogP contribution >= 0.6 is 0 Å². The van der Waals surface area contributed by atoms with Gasteiger partial charge in [-0.05, 0) is 43.7 Å². The van der Waals surface area contributed by atoms with Crippen LogP contribution in [0.15, 0.2) is 30.3 Å². The number of benzene rings is 1. The fourth-order valence-corrected chi connectivity index (χ4v) is 5.14. The van der Waals surface area contributed by atoms with Gasteiger partial charge >= 0.3 is 0 Å². The average molecular weight is 371 g/mol. The predicted octanol–water partition coefficient (Wildman–Crippen LogP) is 2.58. The van der Waals surface area contributed by atoms with Crippen LogP contribution in [0.25, 0.3) is 0 Å². The van der Waals surface area contributed by atoms with Crippen LogP contribution in [0.3, 0.4) is 0 Å². The van der Waals surface area contributed by atoms with E-state index in [1.807, 2.05) is 6.07 Å². The Morgan fingerprint density at radius 1 is 1.00 bits per heavy atom. The van der Waals surface area contributed by atoms with E-state index in [9.17, 15) is 4.79 Å². The molecule has 4 atom stereocenters. The van der Waals surface area contributed by atoms with Crippen LogP contribution in [0.2, 0.25) is 0 Å². The van der Waals surface area contributed by atoms with Crippen molar-refractivity contribution < 1.29 is 4.79 Å². The second-order valence-electron chi connectivity index (χ2n) is 8.52. The maximum absolute atomic E-state index is 13.0. The molecule has 0 aromatic heterocycles. The van der Waals surface area contributed by atoms with E-state index in [1.165, 1.54) is 44.1 Å². The zero-order valence-corrected chi connectivity index (χ0v) is 16.3. The summed E-state index contributed by atoms with van der Waals surface area (Å²) in [5.41, 5.74) is 8.23. The Balaban J connectivity index is 1.32. The van der Waals surface area contributed by atoms with E-state index >= 15 is 0 Å². The zero-order valence-electron chi connectivity index (χ0n) is 16.3. The van der Waals surface area contributed by atoms with Crippen molar-refractivity contribution >= 4 is 5.91 Å². The first-order valence-corrected chi connectivity index (χ1v) is 10.9. The van der Waals surface area contributed by atoms with Crippen LogP contribution in [0.1, 0.15) is 56.9 Å². The highest BCUT2D eigenvalue weighted by Crippen LogP contribution is 2.29. The van der Waals surface area contributed by atoms with E-state index in [0.29, 0.717) is 18.0 Å². The van der Waals surface area contributed by atoms with Crippen molar-refractivity contribution in [1.82, 2.24) is 21.1 Å².